The van der Waals surface area contributed by atoms with E-state index >= 15 is 0 Å². The number of ether oxygens (including phenoxy) is 2. The highest BCUT2D eigenvalue weighted by molar-refractivity contribution is 5.94. The molecular weight excluding hydrogens is 268 g/mol. The van der Waals surface area contributed by atoms with Crippen LogP contribution in [0.2, 0.25) is 0 Å². The summed E-state index contributed by atoms with van der Waals surface area (Å²) in [6, 6.07) is 7.41. The lowest BCUT2D eigenvalue weighted by molar-refractivity contribution is 0.0550. The third-order valence-corrected chi connectivity index (χ3v) is 3.14. The number of hydrogen-bond donors (Lipinski definition) is 1. The predicted octanol–water partition coefficient (Wildman–Crippen LogP) is 1.66. The molecule has 0 saturated carbocycles. The third kappa shape index (κ3) is 6.25. The molecular formula is C16H26N2O3. The molecule has 1 rings (SSSR count). The topological polar surface area (TPSA) is 64.8 Å². The monoisotopic (exact) mass is 294 g/mol. The van der Waals surface area contributed by atoms with Crippen molar-refractivity contribution in [2.24, 2.45) is 5.73 Å². The van der Waals surface area contributed by atoms with E-state index in [2.05, 4.69) is 0 Å². The van der Waals surface area contributed by atoms with E-state index in [1.807, 2.05) is 38.1 Å². The van der Waals surface area contributed by atoms with Crippen molar-refractivity contribution in [3.8, 4) is 0 Å². The SMILES string of the molecule is CCOCCN(CCOCC)C(=O)c1ccc(CN)cc1. The maximum atomic E-state index is 12.5. The molecule has 0 aliphatic rings. The maximum absolute atomic E-state index is 12.5. The van der Waals surface area contributed by atoms with E-state index in [0.717, 1.165) is 5.56 Å². The number of rotatable bonds is 10. The van der Waals surface area contributed by atoms with Gasteiger partial charge in [0.2, 0.25) is 0 Å². The molecule has 1 aromatic carbocycles. The molecule has 1 aromatic rings. The molecule has 0 aromatic heterocycles. The highest BCUT2D eigenvalue weighted by atomic mass is 16.5. The smallest absolute Gasteiger partial charge is 0.254 e. The predicted molar refractivity (Wildman–Crippen MR) is 83.2 cm³/mol. The van der Waals surface area contributed by atoms with Crippen LogP contribution in [-0.4, -0.2) is 50.3 Å². The summed E-state index contributed by atoms with van der Waals surface area (Å²) in [6.07, 6.45) is 0. The van der Waals surface area contributed by atoms with Gasteiger partial charge >= 0.3 is 0 Å². The first-order valence-electron chi connectivity index (χ1n) is 7.46. The summed E-state index contributed by atoms with van der Waals surface area (Å²) >= 11 is 0. The zero-order valence-electron chi connectivity index (χ0n) is 13.0. The molecule has 0 aliphatic heterocycles. The van der Waals surface area contributed by atoms with Crippen molar-refractivity contribution < 1.29 is 14.3 Å². The van der Waals surface area contributed by atoms with Crippen LogP contribution in [0.3, 0.4) is 0 Å². The van der Waals surface area contributed by atoms with Crippen LogP contribution in [0.5, 0.6) is 0 Å². The summed E-state index contributed by atoms with van der Waals surface area (Å²) in [4.78, 5) is 14.3. The fraction of sp³-hybridized carbons (Fsp3) is 0.562. The van der Waals surface area contributed by atoms with E-state index in [4.69, 9.17) is 15.2 Å². The lowest BCUT2D eigenvalue weighted by Crippen LogP contribution is -2.36. The lowest BCUT2D eigenvalue weighted by atomic mass is 10.1. The van der Waals surface area contributed by atoms with Crippen LogP contribution in [0.15, 0.2) is 24.3 Å². The second-order valence-corrected chi connectivity index (χ2v) is 4.59. The quantitative estimate of drug-likeness (QED) is 0.667. The standard InChI is InChI=1S/C16H26N2O3/c1-3-20-11-9-18(10-12-21-4-2)16(19)15-7-5-14(13-17)6-8-15/h5-8H,3-4,9-13,17H2,1-2H3. The molecule has 0 radical (unpaired) electrons. The van der Waals surface area contributed by atoms with Gasteiger partial charge in [0.05, 0.1) is 13.2 Å². The Kier molecular flexibility index (Phi) is 8.66. The Labute approximate surface area is 127 Å². The zero-order chi connectivity index (χ0) is 15.5. The van der Waals surface area contributed by atoms with Gasteiger partial charge in [0, 0.05) is 38.4 Å². The Balaban J connectivity index is 2.66. The van der Waals surface area contributed by atoms with Gasteiger partial charge in [-0.3, -0.25) is 4.79 Å². The molecule has 0 heterocycles. The van der Waals surface area contributed by atoms with Crippen LogP contribution in [-0.2, 0) is 16.0 Å². The minimum absolute atomic E-state index is 0.00187. The van der Waals surface area contributed by atoms with Gasteiger partial charge in [-0.15, -0.1) is 0 Å². The van der Waals surface area contributed by atoms with Crippen molar-refractivity contribution in [2.45, 2.75) is 20.4 Å². The first-order valence-corrected chi connectivity index (χ1v) is 7.46. The van der Waals surface area contributed by atoms with Crippen molar-refractivity contribution in [3.63, 3.8) is 0 Å². The van der Waals surface area contributed by atoms with Gasteiger partial charge in [-0.2, -0.15) is 0 Å². The Morgan fingerprint density at radius 2 is 1.57 bits per heavy atom. The molecule has 1 amide bonds. The Hall–Kier alpha value is -1.43. The minimum atomic E-state index is -0.00187. The number of amides is 1. The molecule has 0 atom stereocenters. The molecule has 0 spiro atoms. The fourth-order valence-corrected chi connectivity index (χ4v) is 1.92. The minimum Gasteiger partial charge on any atom is -0.380 e. The van der Waals surface area contributed by atoms with Gasteiger partial charge in [-0.25, -0.2) is 0 Å². The van der Waals surface area contributed by atoms with Crippen LogP contribution >= 0.6 is 0 Å². The lowest BCUT2D eigenvalue weighted by Gasteiger charge is -2.22. The van der Waals surface area contributed by atoms with Crippen LogP contribution in [0.4, 0.5) is 0 Å². The summed E-state index contributed by atoms with van der Waals surface area (Å²) in [7, 11) is 0. The highest BCUT2D eigenvalue weighted by Gasteiger charge is 2.15. The number of carbonyl (C=O) groups is 1. The Morgan fingerprint density at radius 1 is 1.05 bits per heavy atom. The van der Waals surface area contributed by atoms with Crippen molar-refractivity contribution >= 4 is 5.91 Å². The van der Waals surface area contributed by atoms with Crippen LogP contribution in [0.25, 0.3) is 0 Å². The Bertz CT molecular complexity index is 396. The molecule has 5 heteroatoms. The van der Waals surface area contributed by atoms with Crippen molar-refractivity contribution in [1.29, 1.82) is 0 Å². The summed E-state index contributed by atoms with van der Waals surface area (Å²) in [5.41, 5.74) is 7.25. The fourth-order valence-electron chi connectivity index (χ4n) is 1.92. The summed E-state index contributed by atoms with van der Waals surface area (Å²) in [5, 5.41) is 0. The maximum Gasteiger partial charge on any atom is 0.254 e. The van der Waals surface area contributed by atoms with Gasteiger partial charge in [0.15, 0.2) is 0 Å². The molecule has 2 N–H and O–H groups in total. The van der Waals surface area contributed by atoms with Crippen molar-refractivity contribution in [3.05, 3.63) is 35.4 Å². The van der Waals surface area contributed by atoms with E-state index < -0.39 is 0 Å². The molecule has 0 unspecified atom stereocenters. The molecule has 118 valence electrons. The third-order valence-electron chi connectivity index (χ3n) is 3.14. The van der Waals surface area contributed by atoms with Crippen LogP contribution in [0.1, 0.15) is 29.8 Å². The first kappa shape index (κ1) is 17.6. The molecule has 0 fully saturated rings. The van der Waals surface area contributed by atoms with E-state index in [1.54, 1.807) is 4.90 Å². The van der Waals surface area contributed by atoms with E-state index in [0.29, 0.717) is 51.6 Å². The van der Waals surface area contributed by atoms with E-state index in [1.165, 1.54) is 0 Å². The second-order valence-electron chi connectivity index (χ2n) is 4.59. The number of hydrogen-bond acceptors (Lipinski definition) is 4. The number of benzene rings is 1. The average molecular weight is 294 g/mol. The molecule has 21 heavy (non-hydrogen) atoms. The van der Waals surface area contributed by atoms with E-state index in [-0.39, 0.29) is 5.91 Å². The van der Waals surface area contributed by atoms with Gasteiger partial charge in [-0.1, -0.05) is 12.1 Å². The van der Waals surface area contributed by atoms with Gasteiger partial charge in [0.25, 0.3) is 5.91 Å². The average Bonchev–Trinajstić information content (AvgIpc) is 2.53. The van der Waals surface area contributed by atoms with Crippen LogP contribution in [0, 0.1) is 0 Å². The normalized spacial score (nSPS) is 10.6. The molecule has 0 saturated heterocycles. The number of nitrogens with two attached hydrogens (primary N) is 1. The zero-order valence-corrected chi connectivity index (χ0v) is 13.0. The van der Waals surface area contributed by atoms with Crippen LogP contribution < -0.4 is 5.73 Å². The molecule has 0 bridgehead atoms. The largest absolute Gasteiger partial charge is 0.380 e. The summed E-state index contributed by atoms with van der Waals surface area (Å²) in [5.74, 6) is -0.00187. The van der Waals surface area contributed by atoms with Gasteiger partial charge < -0.3 is 20.1 Å². The van der Waals surface area contributed by atoms with Gasteiger partial charge in [-0.05, 0) is 31.5 Å². The summed E-state index contributed by atoms with van der Waals surface area (Å²) < 4.78 is 10.7. The molecule has 0 aliphatic carbocycles. The van der Waals surface area contributed by atoms with Gasteiger partial charge in [0.1, 0.15) is 0 Å². The first-order chi connectivity index (χ1) is 10.2. The highest BCUT2D eigenvalue weighted by Crippen LogP contribution is 2.08. The van der Waals surface area contributed by atoms with E-state index in [9.17, 15) is 4.79 Å². The Morgan fingerprint density at radius 3 is 2.00 bits per heavy atom. The molecule has 5 nitrogen and oxygen atoms in total. The number of carbonyl (C=O) groups excluding carboxylic acids is 1. The summed E-state index contributed by atoms with van der Waals surface area (Å²) in [6.45, 7) is 7.88. The second kappa shape index (κ2) is 10.3. The van der Waals surface area contributed by atoms with Crippen molar-refractivity contribution in [1.82, 2.24) is 4.90 Å². The number of nitrogens with zero attached hydrogens (tertiary/aromatic N) is 1. The van der Waals surface area contributed by atoms with Crippen molar-refractivity contribution in [2.75, 3.05) is 39.5 Å².